The maximum Gasteiger partial charge on any atom is 0.132 e. The smallest absolute Gasteiger partial charge is 0.132 e. The van der Waals surface area contributed by atoms with Crippen LogP contribution in [0.3, 0.4) is 0 Å². The van der Waals surface area contributed by atoms with Gasteiger partial charge in [-0.15, -0.1) is 11.6 Å². The third-order valence-corrected chi connectivity index (χ3v) is 2.28. The number of rotatable bonds is 2. The van der Waals surface area contributed by atoms with E-state index in [1.54, 1.807) is 0 Å². The second-order valence-corrected chi connectivity index (χ2v) is 3.77. The van der Waals surface area contributed by atoms with Crippen molar-refractivity contribution in [2.75, 3.05) is 0 Å². The predicted molar refractivity (Wildman–Crippen MR) is 50.5 cm³/mol. The molecule has 2 nitrogen and oxygen atoms in total. The normalized spacial score (nSPS) is 15.7. The first-order valence-electron chi connectivity index (χ1n) is 4.04. The van der Waals surface area contributed by atoms with Gasteiger partial charge in [0.15, 0.2) is 0 Å². The third kappa shape index (κ3) is 2.18. The van der Waals surface area contributed by atoms with Crippen molar-refractivity contribution in [3.63, 3.8) is 0 Å². The molecule has 0 N–H and O–H groups in total. The van der Waals surface area contributed by atoms with Gasteiger partial charge in [0, 0.05) is 23.7 Å². The standard InChI is InChI=1S/C9H13ClN2/c1-6-4-11-9(12-5-6)7(2)8(3)10/h4-5,7-8H,1-3H3. The summed E-state index contributed by atoms with van der Waals surface area (Å²) in [5.74, 6) is 1.04. The van der Waals surface area contributed by atoms with Crippen LogP contribution in [0.1, 0.15) is 31.2 Å². The van der Waals surface area contributed by atoms with E-state index < -0.39 is 0 Å². The summed E-state index contributed by atoms with van der Waals surface area (Å²) >= 11 is 5.92. The summed E-state index contributed by atoms with van der Waals surface area (Å²) in [6.45, 7) is 5.95. The van der Waals surface area contributed by atoms with E-state index in [0.717, 1.165) is 11.4 Å². The Morgan fingerprint density at radius 3 is 2.17 bits per heavy atom. The van der Waals surface area contributed by atoms with Crippen molar-refractivity contribution < 1.29 is 0 Å². The lowest BCUT2D eigenvalue weighted by atomic mass is 10.1. The zero-order valence-corrected chi connectivity index (χ0v) is 8.34. The lowest BCUT2D eigenvalue weighted by Gasteiger charge is -2.11. The number of halogens is 1. The molecule has 0 saturated carbocycles. The average Bonchev–Trinajstić information content (AvgIpc) is 2.04. The van der Waals surface area contributed by atoms with Crippen molar-refractivity contribution in [1.82, 2.24) is 9.97 Å². The first kappa shape index (κ1) is 9.46. The molecule has 0 saturated heterocycles. The van der Waals surface area contributed by atoms with E-state index in [2.05, 4.69) is 9.97 Å². The molecule has 0 radical (unpaired) electrons. The van der Waals surface area contributed by atoms with E-state index in [1.165, 1.54) is 0 Å². The largest absolute Gasteiger partial charge is 0.241 e. The molecule has 0 aromatic carbocycles. The number of aryl methyl sites for hydroxylation is 1. The molecule has 2 unspecified atom stereocenters. The van der Waals surface area contributed by atoms with Gasteiger partial charge in [-0.2, -0.15) is 0 Å². The van der Waals surface area contributed by atoms with Crippen LogP contribution in [0.15, 0.2) is 12.4 Å². The fourth-order valence-corrected chi connectivity index (χ4v) is 0.956. The Bertz CT molecular complexity index is 243. The van der Waals surface area contributed by atoms with Gasteiger partial charge in [0.2, 0.25) is 0 Å². The molecule has 1 aromatic rings. The molecule has 0 bridgehead atoms. The van der Waals surface area contributed by atoms with Crippen LogP contribution in [-0.2, 0) is 0 Å². The monoisotopic (exact) mass is 184 g/mol. The highest BCUT2D eigenvalue weighted by Crippen LogP contribution is 2.18. The van der Waals surface area contributed by atoms with Crippen LogP contribution in [0.25, 0.3) is 0 Å². The minimum absolute atomic E-state index is 0.0766. The number of hydrogen-bond donors (Lipinski definition) is 0. The van der Waals surface area contributed by atoms with Gasteiger partial charge in [-0.25, -0.2) is 9.97 Å². The van der Waals surface area contributed by atoms with E-state index in [-0.39, 0.29) is 11.3 Å². The van der Waals surface area contributed by atoms with E-state index in [9.17, 15) is 0 Å². The van der Waals surface area contributed by atoms with Crippen LogP contribution in [0.4, 0.5) is 0 Å². The number of nitrogens with zero attached hydrogens (tertiary/aromatic N) is 2. The van der Waals surface area contributed by atoms with Gasteiger partial charge < -0.3 is 0 Å². The van der Waals surface area contributed by atoms with Crippen LogP contribution >= 0.6 is 11.6 Å². The molecule has 12 heavy (non-hydrogen) atoms. The minimum atomic E-state index is 0.0766. The lowest BCUT2D eigenvalue weighted by Crippen LogP contribution is -2.09. The van der Waals surface area contributed by atoms with E-state index in [4.69, 9.17) is 11.6 Å². The summed E-state index contributed by atoms with van der Waals surface area (Å²) < 4.78 is 0. The highest BCUT2D eigenvalue weighted by atomic mass is 35.5. The summed E-state index contributed by atoms with van der Waals surface area (Å²) in [5, 5.41) is 0.0766. The first-order valence-corrected chi connectivity index (χ1v) is 4.47. The topological polar surface area (TPSA) is 25.8 Å². The average molecular weight is 185 g/mol. The quantitative estimate of drug-likeness (QED) is 0.661. The van der Waals surface area contributed by atoms with Gasteiger partial charge in [0.05, 0.1) is 0 Å². The molecule has 0 spiro atoms. The van der Waals surface area contributed by atoms with Crippen LogP contribution in [0.5, 0.6) is 0 Å². The summed E-state index contributed by atoms with van der Waals surface area (Å²) in [4.78, 5) is 8.41. The molecule has 1 aromatic heterocycles. The van der Waals surface area contributed by atoms with Crippen LogP contribution in [0, 0.1) is 6.92 Å². The first-order chi connectivity index (χ1) is 5.61. The molecule has 66 valence electrons. The van der Waals surface area contributed by atoms with Gasteiger partial charge >= 0.3 is 0 Å². The van der Waals surface area contributed by atoms with Crippen molar-refractivity contribution >= 4 is 11.6 Å². The van der Waals surface area contributed by atoms with Gasteiger partial charge in [0.1, 0.15) is 5.82 Å². The number of hydrogen-bond acceptors (Lipinski definition) is 2. The van der Waals surface area contributed by atoms with Crippen molar-refractivity contribution in [2.24, 2.45) is 0 Å². The lowest BCUT2D eigenvalue weighted by molar-refractivity contribution is 0.684. The van der Waals surface area contributed by atoms with Crippen LogP contribution in [0.2, 0.25) is 0 Å². The molecule has 0 aliphatic carbocycles. The Kier molecular flexibility index (Phi) is 3.04. The van der Waals surface area contributed by atoms with Gasteiger partial charge in [0.25, 0.3) is 0 Å². The fourth-order valence-electron chi connectivity index (χ4n) is 0.843. The minimum Gasteiger partial charge on any atom is -0.241 e. The Hall–Kier alpha value is -0.630. The highest BCUT2D eigenvalue weighted by molar-refractivity contribution is 6.20. The molecular weight excluding hydrogens is 172 g/mol. The van der Waals surface area contributed by atoms with Gasteiger partial charge in [-0.3, -0.25) is 0 Å². The Morgan fingerprint density at radius 2 is 1.75 bits per heavy atom. The SMILES string of the molecule is Cc1cnc(C(C)C(C)Cl)nc1. The molecule has 2 atom stereocenters. The van der Waals surface area contributed by atoms with Crippen LogP contribution in [-0.4, -0.2) is 15.3 Å². The zero-order valence-electron chi connectivity index (χ0n) is 7.58. The summed E-state index contributed by atoms with van der Waals surface area (Å²) in [6.07, 6.45) is 3.64. The van der Waals surface area contributed by atoms with Crippen molar-refractivity contribution in [3.05, 3.63) is 23.8 Å². The molecule has 0 aliphatic heterocycles. The van der Waals surface area contributed by atoms with Gasteiger partial charge in [-0.05, 0) is 19.4 Å². The van der Waals surface area contributed by atoms with Crippen molar-refractivity contribution in [3.8, 4) is 0 Å². The summed E-state index contributed by atoms with van der Waals surface area (Å²) in [6, 6.07) is 0. The third-order valence-electron chi connectivity index (χ3n) is 1.90. The maximum atomic E-state index is 5.92. The molecule has 0 fully saturated rings. The van der Waals surface area contributed by atoms with Crippen molar-refractivity contribution in [2.45, 2.75) is 32.1 Å². The summed E-state index contributed by atoms with van der Waals surface area (Å²) in [5.41, 5.74) is 1.08. The highest BCUT2D eigenvalue weighted by Gasteiger charge is 2.13. The second kappa shape index (κ2) is 3.85. The molecule has 1 rings (SSSR count). The molecular formula is C9H13ClN2. The van der Waals surface area contributed by atoms with Crippen molar-refractivity contribution in [1.29, 1.82) is 0 Å². The Morgan fingerprint density at radius 1 is 1.25 bits per heavy atom. The van der Waals surface area contributed by atoms with Gasteiger partial charge in [-0.1, -0.05) is 6.92 Å². The van der Waals surface area contributed by atoms with Crippen LogP contribution < -0.4 is 0 Å². The predicted octanol–water partition coefficient (Wildman–Crippen LogP) is 2.52. The summed E-state index contributed by atoms with van der Waals surface area (Å²) in [7, 11) is 0. The number of alkyl halides is 1. The number of aromatic nitrogens is 2. The fraction of sp³-hybridized carbons (Fsp3) is 0.556. The maximum absolute atomic E-state index is 5.92. The van der Waals surface area contributed by atoms with E-state index in [1.807, 2.05) is 33.2 Å². The Balaban J connectivity index is 2.82. The van der Waals surface area contributed by atoms with E-state index >= 15 is 0 Å². The molecule has 1 heterocycles. The zero-order chi connectivity index (χ0) is 9.14. The molecule has 0 aliphatic rings. The second-order valence-electron chi connectivity index (χ2n) is 3.08. The molecule has 3 heteroatoms. The molecule has 0 amide bonds. The van der Waals surface area contributed by atoms with E-state index in [0.29, 0.717) is 0 Å². The Labute approximate surface area is 78.0 Å².